The van der Waals surface area contributed by atoms with Crippen molar-refractivity contribution in [1.82, 2.24) is 15.1 Å². The van der Waals surface area contributed by atoms with Gasteiger partial charge in [-0.3, -0.25) is 14.7 Å². The lowest BCUT2D eigenvalue weighted by Crippen LogP contribution is -2.40. The predicted molar refractivity (Wildman–Crippen MR) is 115 cm³/mol. The van der Waals surface area contributed by atoms with Crippen molar-refractivity contribution in [2.45, 2.75) is 19.8 Å². The van der Waals surface area contributed by atoms with E-state index in [1.807, 2.05) is 0 Å². The molecule has 0 bridgehead atoms. The van der Waals surface area contributed by atoms with Crippen LogP contribution >= 0.6 is 0 Å². The van der Waals surface area contributed by atoms with E-state index in [1.54, 1.807) is 35.3 Å². The molecule has 4 rings (SSSR count). The number of hydrogen-bond donors (Lipinski definition) is 2. The minimum absolute atomic E-state index is 0.00321. The van der Waals surface area contributed by atoms with Crippen molar-refractivity contribution in [2.75, 3.05) is 18.4 Å². The molecule has 0 unspecified atom stereocenters. The molecule has 1 saturated heterocycles. The van der Waals surface area contributed by atoms with Crippen molar-refractivity contribution >= 4 is 40.6 Å². The van der Waals surface area contributed by atoms with Crippen LogP contribution in [0, 0.1) is 17.6 Å². The molecule has 1 fully saturated rings. The van der Waals surface area contributed by atoms with Gasteiger partial charge in [0.2, 0.25) is 11.8 Å². The topological polar surface area (TPSA) is 78.1 Å². The smallest absolute Gasteiger partial charge is 0.227 e. The summed E-state index contributed by atoms with van der Waals surface area (Å²) in [6.07, 6.45) is 4.62. The van der Waals surface area contributed by atoms with E-state index in [2.05, 4.69) is 15.5 Å². The molecule has 0 aliphatic carbocycles. The zero-order valence-electron chi connectivity index (χ0n) is 17.0. The molecule has 1 aliphatic heterocycles. The molecule has 8 heteroatoms. The van der Waals surface area contributed by atoms with Gasteiger partial charge in [-0.2, -0.15) is 5.10 Å². The number of nitrogens with one attached hydrogen (secondary N) is 2. The van der Waals surface area contributed by atoms with Crippen LogP contribution in [-0.4, -0.2) is 40.0 Å². The third kappa shape index (κ3) is 4.63. The van der Waals surface area contributed by atoms with Gasteiger partial charge in [0.15, 0.2) is 0 Å². The summed E-state index contributed by atoms with van der Waals surface area (Å²) in [7, 11) is 0. The molecule has 1 aromatic heterocycles. The number of likely N-dealkylation sites (tertiary alicyclic amines) is 1. The van der Waals surface area contributed by atoms with E-state index >= 15 is 0 Å². The lowest BCUT2D eigenvalue weighted by molar-refractivity contribution is -0.132. The fraction of sp³-hybridized carbons (Fsp3) is 0.261. The molecule has 6 nitrogen and oxygen atoms in total. The van der Waals surface area contributed by atoms with Gasteiger partial charge >= 0.3 is 0 Å². The highest BCUT2D eigenvalue weighted by atomic mass is 19.1. The number of anilines is 1. The van der Waals surface area contributed by atoms with Crippen LogP contribution < -0.4 is 5.32 Å². The second kappa shape index (κ2) is 8.67. The third-order valence-corrected chi connectivity index (χ3v) is 5.55. The Morgan fingerprint density at radius 2 is 1.84 bits per heavy atom. The predicted octanol–water partition coefficient (Wildman–Crippen LogP) is 4.21. The van der Waals surface area contributed by atoms with Gasteiger partial charge in [0, 0.05) is 37.4 Å². The Morgan fingerprint density at radius 3 is 2.52 bits per heavy atom. The van der Waals surface area contributed by atoms with Crippen molar-refractivity contribution in [3.8, 4) is 0 Å². The molecule has 0 radical (unpaired) electrons. The van der Waals surface area contributed by atoms with Crippen LogP contribution in [0.5, 0.6) is 0 Å². The Kier molecular flexibility index (Phi) is 5.79. The average molecular weight is 424 g/mol. The molecule has 2 heterocycles. The fourth-order valence-electron chi connectivity index (χ4n) is 3.72. The van der Waals surface area contributed by atoms with Gasteiger partial charge in [0.05, 0.1) is 16.9 Å². The van der Waals surface area contributed by atoms with Crippen molar-refractivity contribution in [3.63, 3.8) is 0 Å². The van der Waals surface area contributed by atoms with E-state index in [1.165, 1.54) is 25.1 Å². The second-order valence-corrected chi connectivity index (χ2v) is 7.64. The van der Waals surface area contributed by atoms with E-state index in [-0.39, 0.29) is 29.2 Å². The van der Waals surface area contributed by atoms with Crippen LogP contribution in [0.3, 0.4) is 0 Å². The number of halogens is 2. The minimum atomic E-state index is -0.556. The Morgan fingerprint density at radius 1 is 1.13 bits per heavy atom. The summed E-state index contributed by atoms with van der Waals surface area (Å²) in [5, 5.41) is 10.3. The summed E-state index contributed by atoms with van der Waals surface area (Å²) in [5.41, 5.74) is 1.96. The largest absolute Gasteiger partial charge is 0.343 e. The van der Waals surface area contributed by atoms with Gasteiger partial charge in [0.1, 0.15) is 11.6 Å². The molecule has 3 aromatic rings. The lowest BCUT2D eigenvalue weighted by Gasteiger charge is -2.30. The van der Waals surface area contributed by atoms with E-state index in [9.17, 15) is 18.4 Å². The number of nitrogens with zero attached hydrogens (tertiary/aromatic N) is 2. The first-order chi connectivity index (χ1) is 14.9. The summed E-state index contributed by atoms with van der Waals surface area (Å²) in [6, 6.07) is 8.87. The molecule has 2 aromatic carbocycles. The van der Waals surface area contributed by atoms with Crippen LogP contribution in [-0.2, 0) is 9.59 Å². The maximum Gasteiger partial charge on any atom is 0.227 e. The van der Waals surface area contributed by atoms with Gasteiger partial charge in [0.25, 0.3) is 0 Å². The quantitative estimate of drug-likeness (QED) is 0.659. The Labute approximate surface area is 177 Å². The van der Waals surface area contributed by atoms with Crippen LogP contribution in [0.15, 0.2) is 36.4 Å². The number of aromatic nitrogens is 2. The van der Waals surface area contributed by atoms with Gasteiger partial charge in [-0.1, -0.05) is 18.2 Å². The highest BCUT2D eigenvalue weighted by molar-refractivity contribution is 5.97. The molecule has 0 spiro atoms. The van der Waals surface area contributed by atoms with Crippen molar-refractivity contribution < 1.29 is 18.4 Å². The Hall–Kier alpha value is -3.55. The van der Waals surface area contributed by atoms with E-state index < -0.39 is 5.82 Å². The lowest BCUT2D eigenvalue weighted by atomic mass is 9.95. The number of benzene rings is 2. The number of carbonyl (C=O) groups is 2. The van der Waals surface area contributed by atoms with Crippen LogP contribution in [0.1, 0.15) is 31.0 Å². The number of hydrogen-bond acceptors (Lipinski definition) is 3. The zero-order chi connectivity index (χ0) is 22.0. The molecule has 2 N–H and O–H groups in total. The molecular formula is C23H22F2N4O2. The number of amides is 2. The average Bonchev–Trinajstić information content (AvgIpc) is 3.15. The van der Waals surface area contributed by atoms with Gasteiger partial charge in [-0.15, -0.1) is 0 Å². The normalized spacial score (nSPS) is 15.0. The summed E-state index contributed by atoms with van der Waals surface area (Å²) in [6.45, 7) is 2.56. The van der Waals surface area contributed by atoms with Gasteiger partial charge in [-0.25, -0.2) is 8.78 Å². The second-order valence-electron chi connectivity index (χ2n) is 7.64. The molecule has 2 amide bonds. The molecule has 0 saturated carbocycles. The SMILES string of the molecule is CC(=O)N1CCC(C(=O)Nc2cc3c(C=Cc4ccc(F)cc4)n[nH]c3cc2F)CC1. The first-order valence-corrected chi connectivity index (χ1v) is 10.1. The number of carbonyl (C=O) groups excluding carboxylic acids is 2. The summed E-state index contributed by atoms with van der Waals surface area (Å²) < 4.78 is 27.6. The first kappa shape index (κ1) is 20.7. The molecule has 31 heavy (non-hydrogen) atoms. The van der Waals surface area contributed by atoms with E-state index in [4.69, 9.17) is 0 Å². The zero-order valence-corrected chi connectivity index (χ0v) is 17.0. The molecule has 160 valence electrons. The van der Waals surface area contributed by atoms with Crippen molar-refractivity contribution in [3.05, 3.63) is 59.3 Å². The number of rotatable bonds is 4. The van der Waals surface area contributed by atoms with E-state index in [0.717, 1.165) is 5.56 Å². The maximum atomic E-state index is 14.5. The summed E-state index contributed by atoms with van der Waals surface area (Å²) in [4.78, 5) is 25.8. The summed E-state index contributed by atoms with van der Waals surface area (Å²) in [5.74, 6) is -1.40. The number of H-pyrrole nitrogens is 1. The number of aromatic amines is 1. The van der Waals surface area contributed by atoms with Crippen LogP contribution in [0.25, 0.3) is 23.1 Å². The number of piperidine rings is 1. The maximum absolute atomic E-state index is 14.5. The number of fused-ring (bicyclic) bond motifs is 1. The van der Waals surface area contributed by atoms with Crippen LogP contribution in [0.2, 0.25) is 0 Å². The van der Waals surface area contributed by atoms with Crippen LogP contribution in [0.4, 0.5) is 14.5 Å². The van der Waals surface area contributed by atoms with Gasteiger partial charge in [-0.05, 0) is 42.7 Å². The first-order valence-electron chi connectivity index (χ1n) is 10.1. The van der Waals surface area contributed by atoms with E-state index in [0.29, 0.717) is 42.5 Å². The van der Waals surface area contributed by atoms with Gasteiger partial charge < -0.3 is 10.2 Å². The molecule has 1 aliphatic rings. The molecular weight excluding hydrogens is 402 g/mol. The monoisotopic (exact) mass is 424 g/mol. The third-order valence-electron chi connectivity index (χ3n) is 5.55. The Balaban J connectivity index is 1.51. The highest BCUT2D eigenvalue weighted by Crippen LogP contribution is 2.27. The Bertz CT molecular complexity index is 1150. The van der Waals surface area contributed by atoms with Crippen molar-refractivity contribution in [2.24, 2.45) is 5.92 Å². The highest BCUT2D eigenvalue weighted by Gasteiger charge is 2.26. The standard InChI is InChI=1S/C23H22F2N4O2/c1-14(30)29-10-8-16(9-11-29)23(31)26-22-12-18-20(27-28-21(18)13-19(22)25)7-4-15-2-5-17(24)6-3-15/h2-7,12-13,16H,8-11H2,1H3,(H,26,31)(H,27,28). The summed E-state index contributed by atoms with van der Waals surface area (Å²) >= 11 is 0. The minimum Gasteiger partial charge on any atom is -0.343 e. The van der Waals surface area contributed by atoms with Crippen molar-refractivity contribution in [1.29, 1.82) is 0 Å². The molecule has 0 atom stereocenters. The fourth-order valence-corrected chi connectivity index (χ4v) is 3.72.